The minimum Gasteiger partial charge on any atom is -0.348 e. The Balaban J connectivity index is 2.22. The van der Waals surface area contributed by atoms with Crippen LogP contribution in [0.1, 0.15) is 41.5 Å². The number of nitrogens with one attached hydrogen (secondary N) is 1. The zero-order valence-corrected chi connectivity index (χ0v) is 18.4. The molecule has 0 aliphatic carbocycles. The van der Waals surface area contributed by atoms with Gasteiger partial charge in [-0.05, 0) is 54.4 Å². The first kappa shape index (κ1) is 21.9. The number of carbonyl (C=O) groups excluding carboxylic acids is 1. The second-order valence-electron chi connectivity index (χ2n) is 6.59. The van der Waals surface area contributed by atoms with E-state index in [2.05, 4.69) is 25.6 Å². The van der Waals surface area contributed by atoms with E-state index in [9.17, 15) is 13.8 Å². The monoisotopic (exact) mass is 464 g/mol. The third-order valence-corrected chi connectivity index (χ3v) is 6.76. The number of halogens is 1. The van der Waals surface area contributed by atoms with E-state index in [0.29, 0.717) is 9.37 Å². The number of rotatable bonds is 5. The minimum absolute atomic E-state index is 0.0622. The SMILES string of the molecule is Cc1c(Br)c(=O)c(C(=O)NCc2ccc([S@](C)(=O)=NC#N)cc2)cn1C(C)C. The number of benzene rings is 1. The van der Waals surface area contributed by atoms with Gasteiger partial charge in [0.25, 0.3) is 5.91 Å². The van der Waals surface area contributed by atoms with E-state index in [1.807, 2.05) is 25.3 Å². The Kier molecular flexibility index (Phi) is 6.80. The normalized spacial score (nSPS) is 12.9. The van der Waals surface area contributed by atoms with Crippen LogP contribution in [0, 0.1) is 18.4 Å². The Morgan fingerprint density at radius 1 is 1.36 bits per heavy atom. The summed E-state index contributed by atoms with van der Waals surface area (Å²) in [6.07, 6.45) is 4.52. The van der Waals surface area contributed by atoms with Crippen molar-refractivity contribution in [3.63, 3.8) is 0 Å². The van der Waals surface area contributed by atoms with Crippen molar-refractivity contribution in [2.24, 2.45) is 4.36 Å². The highest BCUT2D eigenvalue weighted by atomic mass is 79.9. The van der Waals surface area contributed by atoms with E-state index in [0.717, 1.165) is 11.3 Å². The summed E-state index contributed by atoms with van der Waals surface area (Å²) in [5, 5.41) is 11.3. The highest BCUT2D eigenvalue weighted by Crippen LogP contribution is 2.17. The van der Waals surface area contributed by atoms with Gasteiger partial charge in [0.2, 0.25) is 11.6 Å². The topological polar surface area (TPSA) is 104 Å². The minimum atomic E-state index is -2.75. The zero-order chi connectivity index (χ0) is 21.1. The molecule has 0 saturated carbocycles. The average Bonchev–Trinajstić information content (AvgIpc) is 2.64. The second-order valence-corrected chi connectivity index (χ2v) is 9.64. The van der Waals surface area contributed by atoms with Crippen molar-refractivity contribution in [1.82, 2.24) is 9.88 Å². The molecule has 7 nitrogen and oxygen atoms in total. The number of nitrogens with zero attached hydrogens (tertiary/aromatic N) is 3. The third kappa shape index (κ3) is 4.69. The predicted molar refractivity (Wildman–Crippen MR) is 112 cm³/mol. The Bertz CT molecular complexity index is 1120. The first-order valence-electron chi connectivity index (χ1n) is 8.47. The molecule has 0 radical (unpaired) electrons. The van der Waals surface area contributed by atoms with E-state index in [1.54, 1.807) is 36.7 Å². The summed E-state index contributed by atoms with van der Waals surface area (Å²) in [4.78, 5) is 25.4. The molecule has 1 N–H and O–H groups in total. The molecule has 0 spiro atoms. The lowest BCUT2D eigenvalue weighted by Crippen LogP contribution is -2.30. The van der Waals surface area contributed by atoms with Gasteiger partial charge in [0, 0.05) is 35.6 Å². The predicted octanol–water partition coefficient (Wildman–Crippen LogP) is 3.37. The molecule has 0 unspecified atom stereocenters. The number of carbonyl (C=O) groups is 1. The first-order chi connectivity index (χ1) is 13.1. The summed E-state index contributed by atoms with van der Waals surface area (Å²) in [5.74, 6) is -0.469. The van der Waals surface area contributed by atoms with Gasteiger partial charge in [-0.1, -0.05) is 12.1 Å². The molecule has 2 rings (SSSR count). The molecular weight excluding hydrogens is 444 g/mol. The molecule has 148 valence electrons. The largest absolute Gasteiger partial charge is 0.348 e. The molecule has 0 fully saturated rings. The van der Waals surface area contributed by atoms with Crippen LogP contribution in [0.25, 0.3) is 0 Å². The van der Waals surface area contributed by atoms with Gasteiger partial charge in [0.1, 0.15) is 5.56 Å². The van der Waals surface area contributed by atoms with Crippen molar-refractivity contribution < 1.29 is 9.00 Å². The molecule has 0 saturated heterocycles. The fourth-order valence-corrected chi connectivity index (χ4v) is 3.98. The molecule has 1 atom stereocenters. The molecule has 1 aromatic heterocycles. The molecule has 1 heterocycles. The number of amides is 1. The Morgan fingerprint density at radius 2 is 1.96 bits per heavy atom. The standard InChI is InChI=1S/C19H21BrN4O3S/c1-12(2)24-10-16(18(25)17(20)13(24)3)19(26)22-9-14-5-7-15(8-6-14)28(4,27)23-11-21/h5-8,10,12H,9H2,1-4H3,(H,22,26)/t28-/m0/s1. The number of aromatic nitrogens is 1. The van der Waals surface area contributed by atoms with Gasteiger partial charge in [0.15, 0.2) is 0 Å². The summed E-state index contributed by atoms with van der Waals surface area (Å²) >= 11 is 3.28. The van der Waals surface area contributed by atoms with Crippen LogP contribution in [0.5, 0.6) is 0 Å². The molecule has 0 aliphatic rings. The summed E-state index contributed by atoms with van der Waals surface area (Å²) in [5.41, 5.74) is 1.23. The maximum atomic E-state index is 12.5. The highest BCUT2D eigenvalue weighted by Gasteiger charge is 2.17. The van der Waals surface area contributed by atoms with Gasteiger partial charge in [-0.25, -0.2) is 4.21 Å². The Labute approximate surface area is 172 Å². The van der Waals surface area contributed by atoms with Gasteiger partial charge in [0.05, 0.1) is 14.2 Å². The molecule has 0 aliphatic heterocycles. The smallest absolute Gasteiger partial charge is 0.257 e. The van der Waals surface area contributed by atoms with Crippen molar-refractivity contribution in [2.45, 2.75) is 38.3 Å². The summed E-state index contributed by atoms with van der Waals surface area (Å²) in [7, 11) is -2.75. The fourth-order valence-electron chi connectivity index (χ4n) is 2.66. The molecular formula is C19H21BrN4O3S. The average molecular weight is 465 g/mol. The third-order valence-electron chi connectivity index (χ3n) is 4.25. The molecule has 9 heteroatoms. The molecule has 28 heavy (non-hydrogen) atoms. The lowest BCUT2D eigenvalue weighted by atomic mass is 10.2. The van der Waals surface area contributed by atoms with Gasteiger partial charge >= 0.3 is 0 Å². The van der Waals surface area contributed by atoms with Crippen molar-refractivity contribution in [3.8, 4) is 6.19 Å². The van der Waals surface area contributed by atoms with E-state index < -0.39 is 15.6 Å². The lowest BCUT2D eigenvalue weighted by molar-refractivity contribution is 0.0948. The van der Waals surface area contributed by atoms with Crippen molar-refractivity contribution >= 4 is 31.6 Å². The number of pyridine rings is 1. The van der Waals surface area contributed by atoms with Crippen LogP contribution < -0.4 is 10.7 Å². The molecule has 1 aromatic carbocycles. The summed E-state index contributed by atoms with van der Waals surface area (Å²) < 4.78 is 17.9. The van der Waals surface area contributed by atoms with Crippen LogP contribution in [0.4, 0.5) is 0 Å². The van der Waals surface area contributed by atoms with E-state index in [-0.39, 0.29) is 23.6 Å². The lowest BCUT2D eigenvalue weighted by Gasteiger charge is -2.17. The number of hydrogen-bond donors (Lipinski definition) is 1. The van der Waals surface area contributed by atoms with Crippen LogP contribution in [-0.2, 0) is 16.3 Å². The van der Waals surface area contributed by atoms with Crippen LogP contribution in [-0.4, -0.2) is 20.9 Å². The van der Waals surface area contributed by atoms with Gasteiger partial charge in [-0.3, -0.25) is 9.59 Å². The number of hydrogen-bond acceptors (Lipinski definition) is 5. The van der Waals surface area contributed by atoms with Crippen molar-refractivity contribution in [2.75, 3.05) is 6.26 Å². The Morgan fingerprint density at radius 3 is 2.50 bits per heavy atom. The van der Waals surface area contributed by atoms with Crippen molar-refractivity contribution in [1.29, 1.82) is 5.26 Å². The van der Waals surface area contributed by atoms with E-state index in [1.165, 1.54) is 6.26 Å². The molecule has 0 bridgehead atoms. The Hall–Kier alpha value is -2.44. The van der Waals surface area contributed by atoms with Crippen LogP contribution in [0.15, 0.2) is 49.0 Å². The highest BCUT2D eigenvalue weighted by molar-refractivity contribution is 9.10. The van der Waals surface area contributed by atoms with Gasteiger partial charge in [-0.15, -0.1) is 4.36 Å². The van der Waals surface area contributed by atoms with Crippen LogP contribution in [0.2, 0.25) is 0 Å². The summed E-state index contributed by atoms with van der Waals surface area (Å²) in [6, 6.07) is 6.71. The second kappa shape index (κ2) is 8.71. The van der Waals surface area contributed by atoms with Crippen LogP contribution >= 0.6 is 15.9 Å². The maximum Gasteiger partial charge on any atom is 0.257 e. The first-order valence-corrected chi connectivity index (χ1v) is 11.2. The molecule has 2 aromatic rings. The fraction of sp³-hybridized carbons (Fsp3) is 0.316. The maximum absolute atomic E-state index is 12.5. The zero-order valence-electron chi connectivity index (χ0n) is 16.0. The van der Waals surface area contributed by atoms with Crippen molar-refractivity contribution in [3.05, 3.63) is 62.0 Å². The summed E-state index contributed by atoms with van der Waals surface area (Å²) in [6.45, 7) is 5.96. The van der Waals surface area contributed by atoms with E-state index >= 15 is 0 Å². The molecule has 1 amide bonds. The quantitative estimate of drug-likeness (QED) is 0.684. The number of nitriles is 1. The van der Waals surface area contributed by atoms with Gasteiger partial charge in [-0.2, -0.15) is 5.26 Å². The van der Waals surface area contributed by atoms with E-state index in [4.69, 9.17) is 5.26 Å². The van der Waals surface area contributed by atoms with Crippen LogP contribution in [0.3, 0.4) is 0 Å². The van der Waals surface area contributed by atoms with Gasteiger partial charge < -0.3 is 9.88 Å².